The third-order valence-corrected chi connectivity index (χ3v) is 7.65. The van der Waals surface area contributed by atoms with E-state index in [9.17, 15) is 21.6 Å². The summed E-state index contributed by atoms with van der Waals surface area (Å²) in [6.45, 7) is -0.0686. The highest BCUT2D eigenvalue weighted by Gasteiger charge is 2.40. The lowest BCUT2D eigenvalue weighted by atomic mass is 9.97. The second kappa shape index (κ2) is 8.16. The highest BCUT2D eigenvalue weighted by atomic mass is 32.2. The van der Waals surface area contributed by atoms with Gasteiger partial charge in [0.05, 0.1) is 34.9 Å². The van der Waals surface area contributed by atoms with Crippen molar-refractivity contribution in [3.05, 3.63) is 65.9 Å². The zero-order valence-electron chi connectivity index (χ0n) is 18.0. The van der Waals surface area contributed by atoms with E-state index in [1.807, 2.05) is 0 Å². The molecule has 2 atom stereocenters. The lowest BCUT2D eigenvalue weighted by Gasteiger charge is -2.44. The first-order chi connectivity index (χ1) is 16.5. The molecule has 2 aromatic carbocycles. The van der Waals surface area contributed by atoms with Crippen LogP contribution in [0.25, 0.3) is 0 Å². The molecule has 2 aliphatic rings. The van der Waals surface area contributed by atoms with Gasteiger partial charge in [0.25, 0.3) is 10.0 Å². The lowest BCUT2D eigenvalue weighted by Crippen LogP contribution is -2.57. The Morgan fingerprint density at radius 2 is 1.91 bits per heavy atom. The number of rotatable bonds is 4. The van der Waals surface area contributed by atoms with Crippen molar-refractivity contribution >= 4 is 27.5 Å². The van der Waals surface area contributed by atoms with E-state index in [0.717, 1.165) is 16.4 Å². The number of hydrogen-bond acceptors (Lipinski definition) is 8. The first-order valence-corrected chi connectivity index (χ1v) is 11.9. The quantitative estimate of drug-likeness (QED) is 0.492. The summed E-state index contributed by atoms with van der Waals surface area (Å²) in [4.78, 5) is 5.57. The van der Waals surface area contributed by atoms with Gasteiger partial charge in [-0.25, -0.2) is 8.42 Å². The van der Waals surface area contributed by atoms with Gasteiger partial charge in [0, 0.05) is 6.07 Å². The fraction of sp³-hybridized carbons (Fsp3) is 0.238. The van der Waals surface area contributed by atoms with Gasteiger partial charge in [-0.1, -0.05) is 24.3 Å². The zero-order valence-corrected chi connectivity index (χ0v) is 18.8. The molecule has 0 saturated heterocycles. The molecule has 10 nitrogen and oxygen atoms in total. The van der Waals surface area contributed by atoms with Gasteiger partial charge in [0.1, 0.15) is 11.9 Å². The molecule has 0 radical (unpaired) electrons. The van der Waals surface area contributed by atoms with Crippen LogP contribution in [0.1, 0.15) is 17.3 Å². The Bertz CT molecular complexity index is 1410. The molecule has 0 aliphatic carbocycles. The fourth-order valence-electron chi connectivity index (χ4n) is 4.38. The van der Waals surface area contributed by atoms with Crippen LogP contribution in [0.5, 0.6) is 5.75 Å². The number of sulfonamides is 1. The van der Waals surface area contributed by atoms with Crippen LogP contribution in [0.15, 0.2) is 64.6 Å². The summed E-state index contributed by atoms with van der Waals surface area (Å²) in [6, 6.07) is 10.6. The van der Waals surface area contributed by atoms with Crippen molar-refractivity contribution in [2.24, 2.45) is 16.5 Å². The predicted molar refractivity (Wildman–Crippen MR) is 120 cm³/mol. The van der Waals surface area contributed by atoms with E-state index in [2.05, 4.69) is 19.9 Å². The molecule has 0 fully saturated rings. The SMILES string of the molecule is NC1=Nc2[nH]ncc2C(N)N1C1Cc2ccccc2N(S(=O)(=O)c2cccc(OC(F)(F)F)c2)C1. The average Bonchev–Trinajstić information content (AvgIpc) is 3.26. The van der Waals surface area contributed by atoms with Gasteiger partial charge >= 0.3 is 6.36 Å². The second-order valence-electron chi connectivity index (χ2n) is 8.04. The molecular weight excluding hydrogens is 487 g/mol. The summed E-state index contributed by atoms with van der Waals surface area (Å²) in [5.41, 5.74) is 14.3. The summed E-state index contributed by atoms with van der Waals surface area (Å²) >= 11 is 0. The predicted octanol–water partition coefficient (Wildman–Crippen LogP) is 2.35. The number of guanidine groups is 1. The molecule has 184 valence electrons. The van der Waals surface area contributed by atoms with Crippen molar-refractivity contribution < 1.29 is 26.3 Å². The van der Waals surface area contributed by atoms with Crippen LogP contribution < -0.4 is 20.5 Å². The number of hydrogen-bond donors (Lipinski definition) is 3. The molecule has 2 unspecified atom stereocenters. The lowest BCUT2D eigenvalue weighted by molar-refractivity contribution is -0.274. The Morgan fingerprint density at radius 1 is 1.14 bits per heavy atom. The van der Waals surface area contributed by atoms with Crippen molar-refractivity contribution in [3.63, 3.8) is 0 Å². The maximum absolute atomic E-state index is 13.7. The van der Waals surface area contributed by atoms with Crippen molar-refractivity contribution in [1.29, 1.82) is 0 Å². The number of nitrogens with two attached hydrogens (primary N) is 2. The number of para-hydroxylation sites is 1. The number of benzene rings is 2. The molecule has 0 amide bonds. The van der Waals surface area contributed by atoms with E-state index in [1.165, 1.54) is 18.3 Å². The molecule has 1 aromatic heterocycles. The van der Waals surface area contributed by atoms with Gasteiger partial charge in [-0.15, -0.1) is 13.2 Å². The molecule has 14 heteroatoms. The molecular formula is C21H20F3N7O3S. The number of alkyl halides is 3. The zero-order chi connectivity index (χ0) is 25.0. The minimum atomic E-state index is -4.96. The summed E-state index contributed by atoms with van der Waals surface area (Å²) in [7, 11) is -4.29. The van der Waals surface area contributed by atoms with Crippen molar-refractivity contribution in [1.82, 2.24) is 15.1 Å². The minimum absolute atomic E-state index is 0.0686. The van der Waals surface area contributed by atoms with Crippen LogP contribution in [0, 0.1) is 0 Å². The van der Waals surface area contributed by atoms with E-state index in [4.69, 9.17) is 11.5 Å². The van der Waals surface area contributed by atoms with Crippen LogP contribution in [0.3, 0.4) is 0 Å². The standard InChI is InChI=1S/C21H20F3N7O3S/c22-21(23,24)34-14-5-3-6-15(9-14)35(32,33)30-11-13(8-12-4-1-2-7-17(12)30)31-18(25)16-10-27-29-19(16)28-20(31)26/h1-7,9-10,13,18H,8,11,25H2,(H3,26,27,28,29). The van der Waals surface area contributed by atoms with Gasteiger partial charge in [-0.05, 0) is 30.2 Å². The number of nitrogens with zero attached hydrogens (tertiary/aromatic N) is 4. The van der Waals surface area contributed by atoms with Crippen LogP contribution in [0.4, 0.5) is 24.7 Å². The molecule has 3 aromatic rings. The Labute approximate surface area is 198 Å². The highest BCUT2D eigenvalue weighted by Crippen LogP contribution is 2.38. The summed E-state index contributed by atoms with van der Waals surface area (Å²) < 4.78 is 70.5. The Morgan fingerprint density at radius 3 is 2.69 bits per heavy atom. The van der Waals surface area contributed by atoms with Gasteiger partial charge < -0.3 is 21.1 Å². The fourth-order valence-corrected chi connectivity index (χ4v) is 5.96. The average molecular weight is 507 g/mol. The molecule has 2 aliphatic heterocycles. The normalized spacial score (nSPS) is 20.2. The Hall–Kier alpha value is -3.78. The van der Waals surface area contributed by atoms with Gasteiger partial charge in [-0.3, -0.25) is 9.40 Å². The van der Waals surface area contributed by atoms with E-state index in [1.54, 1.807) is 29.2 Å². The molecule has 5 N–H and O–H groups in total. The number of nitrogens with one attached hydrogen (secondary N) is 1. The van der Waals surface area contributed by atoms with E-state index < -0.39 is 34.3 Å². The molecule has 5 rings (SSSR count). The monoisotopic (exact) mass is 507 g/mol. The molecule has 0 bridgehead atoms. The Kier molecular flexibility index (Phi) is 5.36. The number of aliphatic imine (C=N–C) groups is 1. The summed E-state index contributed by atoms with van der Waals surface area (Å²) in [5, 5.41) is 6.65. The van der Waals surface area contributed by atoms with Gasteiger partial charge in [0.15, 0.2) is 11.8 Å². The smallest absolute Gasteiger partial charge is 0.406 e. The van der Waals surface area contributed by atoms with Gasteiger partial charge in [0.2, 0.25) is 0 Å². The summed E-state index contributed by atoms with van der Waals surface area (Å²) in [6.07, 6.45) is -3.75. The maximum Gasteiger partial charge on any atom is 0.573 e. The largest absolute Gasteiger partial charge is 0.573 e. The number of halogens is 3. The topological polar surface area (TPSA) is 143 Å². The number of aromatic nitrogens is 2. The van der Waals surface area contributed by atoms with Gasteiger partial charge in [-0.2, -0.15) is 10.1 Å². The third-order valence-electron chi connectivity index (χ3n) is 5.87. The first-order valence-electron chi connectivity index (χ1n) is 10.4. The van der Waals surface area contributed by atoms with E-state index in [0.29, 0.717) is 29.1 Å². The van der Waals surface area contributed by atoms with Crippen LogP contribution in [-0.4, -0.2) is 48.4 Å². The maximum atomic E-state index is 13.7. The Balaban J connectivity index is 1.54. The minimum Gasteiger partial charge on any atom is -0.406 e. The van der Waals surface area contributed by atoms with Crippen molar-refractivity contribution in [2.75, 3.05) is 10.8 Å². The number of ether oxygens (including phenoxy) is 1. The number of fused-ring (bicyclic) bond motifs is 2. The first kappa shape index (κ1) is 23.0. The van der Waals surface area contributed by atoms with Crippen LogP contribution in [0.2, 0.25) is 0 Å². The second-order valence-corrected chi connectivity index (χ2v) is 9.90. The molecule has 3 heterocycles. The van der Waals surface area contributed by atoms with E-state index in [-0.39, 0.29) is 17.4 Å². The van der Waals surface area contributed by atoms with Crippen LogP contribution >= 0.6 is 0 Å². The number of H-pyrrole nitrogens is 1. The third kappa shape index (κ3) is 4.14. The number of aromatic amines is 1. The van der Waals surface area contributed by atoms with Crippen molar-refractivity contribution in [3.8, 4) is 5.75 Å². The van der Waals surface area contributed by atoms with Crippen molar-refractivity contribution in [2.45, 2.75) is 29.9 Å². The number of anilines is 1. The molecule has 35 heavy (non-hydrogen) atoms. The molecule has 0 spiro atoms. The highest BCUT2D eigenvalue weighted by molar-refractivity contribution is 7.92. The van der Waals surface area contributed by atoms with E-state index >= 15 is 0 Å². The molecule has 0 saturated carbocycles. The summed E-state index contributed by atoms with van der Waals surface area (Å²) in [5.74, 6) is -0.118. The van der Waals surface area contributed by atoms with Crippen LogP contribution in [-0.2, 0) is 16.4 Å².